The molecule has 2 rings (SSSR count). The zero-order valence-electron chi connectivity index (χ0n) is 11.6. The predicted molar refractivity (Wildman–Crippen MR) is 73.1 cm³/mol. The first-order valence-electron chi connectivity index (χ1n) is 7.21. The lowest BCUT2D eigenvalue weighted by Gasteiger charge is -2.35. The van der Waals surface area contributed by atoms with Crippen LogP contribution in [0.1, 0.15) is 32.1 Å². The zero-order valence-corrected chi connectivity index (χ0v) is 11.6. The highest BCUT2D eigenvalue weighted by atomic mass is 15.1. The van der Waals surface area contributed by atoms with Gasteiger partial charge in [-0.15, -0.1) is 0 Å². The molecule has 1 heterocycles. The van der Waals surface area contributed by atoms with Crippen molar-refractivity contribution in [2.75, 3.05) is 46.8 Å². The Hall–Kier alpha value is -0.120. The van der Waals surface area contributed by atoms with Crippen LogP contribution in [-0.4, -0.2) is 56.6 Å². The quantitative estimate of drug-likeness (QED) is 0.760. The van der Waals surface area contributed by atoms with Gasteiger partial charge < -0.3 is 15.5 Å². The number of nitrogens with zero attached hydrogens (tertiary/aromatic N) is 2. The van der Waals surface area contributed by atoms with E-state index in [2.05, 4.69) is 23.9 Å². The van der Waals surface area contributed by atoms with E-state index in [4.69, 9.17) is 5.73 Å². The van der Waals surface area contributed by atoms with Crippen LogP contribution in [0.4, 0.5) is 0 Å². The van der Waals surface area contributed by atoms with Gasteiger partial charge in [0.05, 0.1) is 0 Å². The average molecular weight is 239 g/mol. The van der Waals surface area contributed by atoms with Gasteiger partial charge in [0.1, 0.15) is 0 Å². The molecule has 0 radical (unpaired) electrons. The number of likely N-dealkylation sites (tertiary alicyclic amines) is 1. The number of nitrogens with two attached hydrogens (primary N) is 1. The summed E-state index contributed by atoms with van der Waals surface area (Å²) in [6.45, 7) is 6.08. The standard InChI is InChI=1S/C14H29N3/c1-16(2)11-13-3-9-17(10-4-13)12-14(5-6-14)7-8-15/h13H,3-12,15H2,1-2H3. The molecule has 0 atom stereocenters. The zero-order chi connectivity index (χ0) is 12.3. The van der Waals surface area contributed by atoms with E-state index in [9.17, 15) is 0 Å². The van der Waals surface area contributed by atoms with Gasteiger partial charge in [0.25, 0.3) is 0 Å². The molecular weight excluding hydrogens is 210 g/mol. The third kappa shape index (κ3) is 3.94. The summed E-state index contributed by atoms with van der Waals surface area (Å²) < 4.78 is 0. The van der Waals surface area contributed by atoms with Crippen molar-refractivity contribution in [2.24, 2.45) is 17.1 Å². The minimum absolute atomic E-state index is 0.628. The fourth-order valence-electron chi connectivity index (χ4n) is 3.29. The smallest absolute Gasteiger partial charge is 0.00385 e. The summed E-state index contributed by atoms with van der Waals surface area (Å²) in [5, 5.41) is 0. The monoisotopic (exact) mass is 239 g/mol. The molecular formula is C14H29N3. The maximum Gasteiger partial charge on any atom is 0.00385 e. The van der Waals surface area contributed by atoms with Crippen molar-refractivity contribution >= 4 is 0 Å². The predicted octanol–water partition coefficient (Wildman–Crippen LogP) is 1.39. The Morgan fingerprint density at radius 1 is 1.24 bits per heavy atom. The molecule has 1 aliphatic carbocycles. The molecule has 0 unspecified atom stereocenters. The van der Waals surface area contributed by atoms with E-state index in [0.717, 1.165) is 12.5 Å². The van der Waals surface area contributed by atoms with Crippen LogP contribution in [0.5, 0.6) is 0 Å². The molecule has 0 spiro atoms. The minimum Gasteiger partial charge on any atom is -0.330 e. The first-order valence-corrected chi connectivity index (χ1v) is 7.21. The third-order valence-electron chi connectivity index (χ3n) is 4.52. The molecule has 3 heteroatoms. The highest BCUT2D eigenvalue weighted by molar-refractivity contribution is 4.96. The minimum atomic E-state index is 0.628. The van der Waals surface area contributed by atoms with E-state index >= 15 is 0 Å². The van der Waals surface area contributed by atoms with E-state index in [0.29, 0.717) is 5.41 Å². The lowest BCUT2D eigenvalue weighted by atomic mass is 9.94. The first-order chi connectivity index (χ1) is 8.13. The number of hydrogen-bond acceptors (Lipinski definition) is 3. The molecule has 17 heavy (non-hydrogen) atoms. The second kappa shape index (κ2) is 5.68. The molecule has 1 aliphatic heterocycles. The summed E-state index contributed by atoms with van der Waals surface area (Å²) in [5.41, 5.74) is 6.34. The molecule has 1 saturated heterocycles. The van der Waals surface area contributed by atoms with Gasteiger partial charge in [0, 0.05) is 13.1 Å². The highest BCUT2D eigenvalue weighted by Crippen LogP contribution is 2.49. The maximum atomic E-state index is 5.71. The fraction of sp³-hybridized carbons (Fsp3) is 1.00. The summed E-state index contributed by atoms with van der Waals surface area (Å²) in [5.74, 6) is 0.922. The molecule has 100 valence electrons. The van der Waals surface area contributed by atoms with Gasteiger partial charge >= 0.3 is 0 Å². The van der Waals surface area contributed by atoms with Crippen LogP contribution < -0.4 is 5.73 Å². The molecule has 2 N–H and O–H groups in total. The van der Waals surface area contributed by atoms with Crippen LogP contribution in [0.25, 0.3) is 0 Å². The van der Waals surface area contributed by atoms with Gasteiger partial charge in [-0.25, -0.2) is 0 Å². The van der Waals surface area contributed by atoms with Gasteiger partial charge in [-0.2, -0.15) is 0 Å². The Labute approximate surface area is 106 Å². The highest BCUT2D eigenvalue weighted by Gasteiger charge is 2.43. The van der Waals surface area contributed by atoms with Gasteiger partial charge in [-0.1, -0.05) is 0 Å². The summed E-state index contributed by atoms with van der Waals surface area (Å²) in [6, 6.07) is 0. The van der Waals surface area contributed by atoms with Crippen molar-refractivity contribution < 1.29 is 0 Å². The SMILES string of the molecule is CN(C)CC1CCN(CC2(CCN)CC2)CC1. The van der Waals surface area contributed by atoms with Crippen molar-refractivity contribution in [2.45, 2.75) is 32.1 Å². The summed E-state index contributed by atoms with van der Waals surface area (Å²) >= 11 is 0. The Morgan fingerprint density at radius 2 is 1.88 bits per heavy atom. The van der Waals surface area contributed by atoms with Crippen LogP contribution >= 0.6 is 0 Å². The Balaban J connectivity index is 1.69. The van der Waals surface area contributed by atoms with Crippen molar-refractivity contribution in [3.63, 3.8) is 0 Å². The van der Waals surface area contributed by atoms with Crippen LogP contribution in [0.3, 0.4) is 0 Å². The molecule has 0 aromatic rings. The average Bonchev–Trinajstić information content (AvgIpc) is 3.01. The van der Waals surface area contributed by atoms with Gasteiger partial charge in [0.15, 0.2) is 0 Å². The van der Waals surface area contributed by atoms with Crippen LogP contribution in [0.15, 0.2) is 0 Å². The topological polar surface area (TPSA) is 32.5 Å². The molecule has 2 aliphatic rings. The summed E-state index contributed by atoms with van der Waals surface area (Å²) in [6.07, 6.45) is 6.85. The van der Waals surface area contributed by atoms with Gasteiger partial charge in [-0.3, -0.25) is 0 Å². The van der Waals surface area contributed by atoms with E-state index in [1.54, 1.807) is 0 Å². The lowest BCUT2D eigenvalue weighted by Crippen LogP contribution is -2.40. The molecule has 0 aromatic carbocycles. The third-order valence-corrected chi connectivity index (χ3v) is 4.52. The molecule has 1 saturated carbocycles. The molecule has 0 bridgehead atoms. The Kier molecular flexibility index (Phi) is 4.45. The Bertz CT molecular complexity index is 228. The number of hydrogen-bond donors (Lipinski definition) is 1. The van der Waals surface area contributed by atoms with E-state index in [-0.39, 0.29) is 0 Å². The number of piperidine rings is 1. The van der Waals surface area contributed by atoms with E-state index in [1.165, 1.54) is 58.3 Å². The van der Waals surface area contributed by atoms with Crippen molar-refractivity contribution in [3.05, 3.63) is 0 Å². The first kappa shape index (κ1) is 13.3. The second-order valence-electron chi connectivity index (χ2n) is 6.52. The maximum absolute atomic E-state index is 5.71. The van der Waals surface area contributed by atoms with Crippen LogP contribution in [0, 0.1) is 11.3 Å². The Morgan fingerprint density at radius 3 is 2.35 bits per heavy atom. The normalized spacial score (nSPS) is 25.4. The number of rotatable bonds is 6. The molecule has 0 amide bonds. The lowest BCUT2D eigenvalue weighted by molar-refractivity contribution is 0.136. The summed E-state index contributed by atoms with van der Waals surface area (Å²) in [7, 11) is 4.37. The molecule has 0 aromatic heterocycles. The van der Waals surface area contributed by atoms with E-state index < -0.39 is 0 Å². The second-order valence-corrected chi connectivity index (χ2v) is 6.52. The largest absolute Gasteiger partial charge is 0.330 e. The fourth-order valence-corrected chi connectivity index (χ4v) is 3.29. The van der Waals surface area contributed by atoms with Crippen LogP contribution in [-0.2, 0) is 0 Å². The van der Waals surface area contributed by atoms with Crippen molar-refractivity contribution in [1.82, 2.24) is 9.80 Å². The summed E-state index contributed by atoms with van der Waals surface area (Å²) in [4.78, 5) is 5.02. The van der Waals surface area contributed by atoms with Gasteiger partial charge in [-0.05, 0) is 77.2 Å². The van der Waals surface area contributed by atoms with E-state index in [1.807, 2.05) is 0 Å². The molecule has 2 fully saturated rings. The van der Waals surface area contributed by atoms with Crippen molar-refractivity contribution in [1.29, 1.82) is 0 Å². The van der Waals surface area contributed by atoms with Gasteiger partial charge in [0.2, 0.25) is 0 Å². The van der Waals surface area contributed by atoms with Crippen LogP contribution in [0.2, 0.25) is 0 Å². The molecule has 3 nitrogen and oxygen atoms in total. The van der Waals surface area contributed by atoms with Crippen molar-refractivity contribution in [3.8, 4) is 0 Å².